The van der Waals surface area contributed by atoms with Crippen LogP contribution in [0.4, 0.5) is 0 Å². The summed E-state index contributed by atoms with van der Waals surface area (Å²) in [6.45, 7) is 0. The van der Waals surface area contributed by atoms with Crippen molar-refractivity contribution in [3.8, 4) is 6.07 Å². The van der Waals surface area contributed by atoms with Crippen LogP contribution in [0.1, 0.15) is 37.4 Å². The third kappa shape index (κ3) is 5.62. The largest absolute Gasteiger partial charge is 0.289 e. The molecule has 0 atom stereocenters. The smallest absolute Gasteiger partial charge is 0.185 e. The average Bonchev–Trinajstić information content (AvgIpc) is 2.77. The standard InChI is InChI=1S/C25H16ClNO2/c26-23-13-5-19(6-14-23)8-16-25(29)22-11-9-21(10-12-22)24(28)15-7-18-1-3-20(17-27)4-2-18/h1-16H/b15-7+,16-8+. The molecule has 0 saturated carbocycles. The van der Waals surface area contributed by atoms with E-state index in [4.69, 9.17) is 16.9 Å². The lowest BCUT2D eigenvalue weighted by Gasteiger charge is -2.00. The van der Waals surface area contributed by atoms with Crippen molar-refractivity contribution >= 4 is 35.3 Å². The van der Waals surface area contributed by atoms with Crippen LogP contribution >= 0.6 is 11.6 Å². The molecular weight excluding hydrogens is 382 g/mol. The Labute approximate surface area is 174 Å². The van der Waals surface area contributed by atoms with Crippen LogP contribution in [0.3, 0.4) is 0 Å². The highest BCUT2D eigenvalue weighted by molar-refractivity contribution is 6.30. The summed E-state index contributed by atoms with van der Waals surface area (Å²) in [5.74, 6) is -0.308. The minimum Gasteiger partial charge on any atom is -0.289 e. The Balaban J connectivity index is 1.64. The predicted octanol–water partition coefficient (Wildman–Crippen LogP) is 6.00. The van der Waals surface area contributed by atoms with Gasteiger partial charge in [-0.3, -0.25) is 9.59 Å². The molecule has 0 fully saturated rings. The number of carbonyl (C=O) groups is 2. The fourth-order valence-electron chi connectivity index (χ4n) is 2.58. The van der Waals surface area contributed by atoms with Crippen LogP contribution in [0.15, 0.2) is 84.9 Å². The maximum atomic E-state index is 12.3. The molecule has 0 radical (unpaired) electrons. The highest BCUT2D eigenvalue weighted by atomic mass is 35.5. The SMILES string of the molecule is N#Cc1ccc(/C=C/C(=O)c2ccc(C(=O)/C=C/c3ccc(Cl)cc3)cc2)cc1. The summed E-state index contributed by atoms with van der Waals surface area (Å²) in [4.78, 5) is 24.6. The van der Waals surface area contributed by atoms with E-state index < -0.39 is 0 Å². The lowest BCUT2D eigenvalue weighted by Crippen LogP contribution is -1.98. The van der Waals surface area contributed by atoms with Gasteiger partial charge in [-0.25, -0.2) is 0 Å². The van der Waals surface area contributed by atoms with Gasteiger partial charge in [0.2, 0.25) is 0 Å². The normalized spacial score (nSPS) is 10.9. The van der Waals surface area contributed by atoms with Gasteiger partial charge in [0.1, 0.15) is 0 Å². The van der Waals surface area contributed by atoms with Crippen molar-refractivity contribution in [1.29, 1.82) is 5.26 Å². The van der Waals surface area contributed by atoms with Gasteiger partial charge in [0.05, 0.1) is 11.6 Å². The van der Waals surface area contributed by atoms with Crippen LogP contribution in [0, 0.1) is 11.3 Å². The van der Waals surface area contributed by atoms with Gasteiger partial charge < -0.3 is 0 Å². The van der Waals surface area contributed by atoms with Gasteiger partial charge in [-0.2, -0.15) is 5.26 Å². The summed E-state index contributed by atoms with van der Waals surface area (Å²) in [6.07, 6.45) is 6.37. The first-order valence-corrected chi connectivity index (χ1v) is 9.23. The third-order valence-corrected chi connectivity index (χ3v) is 4.47. The molecule has 3 aromatic carbocycles. The number of ketones is 2. The van der Waals surface area contributed by atoms with Crippen LogP contribution in [0.2, 0.25) is 5.02 Å². The Morgan fingerprint density at radius 3 is 1.52 bits per heavy atom. The van der Waals surface area contributed by atoms with Crippen molar-refractivity contribution < 1.29 is 9.59 Å². The molecule has 0 N–H and O–H groups in total. The first kappa shape index (κ1) is 20.0. The molecule has 140 valence electrons. The van der Waals surface area contributed by atoms with E-state index in [0.29, 0.717) is 21.7 Å². The Morgan fingerprint density at radius 2 is 1.10 bits per heavy atom. The minimum absolute atomic E-state index is 0.146. The number of nitrogens with zero attached hydrogens (tertiary/aromatic N) is 1. The molecular formula is C25H16ClNO2. The Morgan fingerprint density at radius 1 is 0.690 bits per heavy atom. The zero-order valence-corrected chi connectivity index (χ0v) is 16.1. The van der Waals surface area contributed by atoms with Gasteiger partial charge in [-0.15, -0.1) is 0 Å². The fraction of sp³-hybridized carbons (Fsp3) is 0. The van der Waals surface area contributed by atoms with Crippen LogP contribution in [0.5, 0.6) is 0 Å². The van der Waals surface area contributed by atoms with E-state index in [2.05, 4.69) is 6.07 Å². The van der Waals surface area contributed by atoms with Gasteiger partial charge in [-0.05, 0) is 47.5 Å². The third-order valence-electron chi connectivity index (χ3n) is 4.22. The van der Waals surface area contributed by atoms with Crippen LogP contribution in [-0.2, 0) is 0 Å². The maximum absolute atomic E-state index is 12.3. The highest BCUT2D eigenvalue weighted by Gasteiger charge is 2.05. The first-order valence-electron chi connectivity index (χ1n) is 8.86. The van der Waals surface area contributed by atoms with E-state index in [1.807, 2.05) is 12.1 Å². The molecule has 3 rings (SSSR count). The number of hydrogen-bond donors (Lipinski definition) is 0. The number of benzene rings is 3. The Hall–Kier alpha value is -3.74. The monoisotopic (exact) mass is 397 g/mol. The zero-order chi connectivity index (χ0) is 20.6. The van der Waals surface area contributed by atoms with E-state index in [1.54, 1.807) is 72.8 Å². The molecule has 0 aliphatic heterocycles. The van der Waals surface area contributed by atoms with E-state index in [0.717, 1.165) is 11.1 Å². The van der Waals surface area contributed by atoms with Crippen LogP contribution in [-0.4, -0.2) is 11.6 Å². The van der Waals surface area contributed by atoms with Gasteiger partial charge in [-0.1, -0.05) is 72.3 Å². The number of halogens is 1. The number of rotatable bonds is 6. The molecule has 0 saturated heterocycles. The lowest BCUT2D eigenvalue weighted by molar-refractivity contribution is 0.103. The first-order chi connectivity index (χ1) is 14.0. The van der Waals surface area contributed by atoms with Gasteiger partial charge in [0.25, 0.3) is 0 Å². The maximum Gasteiger partial charge on any atom is 0.185 e. The van der Waals surface area contributed by atoms with Gasteiger partial charge >= 0.3 is 0 Å². The molecule has 0 aromatic heterocycles. The highest BCUT2D eigenvalue weighted by Crippen LogP contribution is 2.13. The summed E-state index contributed by atoms with van der Waals surface area (Å²) >= 11 is 5.85. The van der Waals surface area contributed by atoms with Gasteiger partial charge in [0.15, 0.2) is 11.6 Å². The molecule has 0 bridgehead atoms. The molecule has 0 unspecified atom stereocenters. The second-order valence-corrected chi connectivity index (χ2v) is 6.69. The van der Waals surface area contributed by atoms with Gasteiger partial charge in [0, 0.05) is 16.1 Å². The number of allylic oxidation sites excluding steroid dienone is 2. The van der Waals surface area contributed by atoms with Crippen molar-refractivity contribution in [1.82, 2.24) is 0 Å². The van der Waals surface area contributed by atoms with Crippen molar-refractivity contribution in [2.45, 2.75) is 0 Å². The molecule has 0 heterocycles. The zero-order valence-electron chi connectivity index (χ0n) is 15.4. The summed E-state index contributed by atoms with van der Waals surface area (Å²) in [5, 5.41) is 9.44. The fourth-order valence-corrected chi connectivity index (χ4v) is 2.70. The van der Waals surface area contributed by atoms with Crippen LogP contribution in [0.25, 0.3) is 12.2 Å². The van der Waals surface area contributed by atoms with E-state index in [-0.39, 0.29) is 11.6 Å². The molecule has 0 spiro atoms. The molecule has 3 aromatic rings. The average molecular weight is 398 g/mol. The summed E-state index contributed by atoms with van der Waals surface area (Å²) in [5.41, 5.74) is 3.27. The molecule has 3 nitrogen and oxygen atoms in total. The predicted molar refractivity (Wildman–Crippen MR) is 116 cm³/mol. The van der Waals surface area contributed by atoms with E-state index in [1.165, 1.54) is 12.2 Å². The number of hydrogen-bond acceptors (Lipinski definition) is 3. The van der Waals surface area contributed by atoms with Crippen molar-refractivity contribution in [2.75, 3.05) is 0 Å². The molecule has 0 amide bonds. The summed E-state index contributed by atoms with van der Waals surface area (Å²) < 4.78 is 0. The van der Waals surface area contributed by atoms with E-state index >= 15 is 0 Å². The lowest BCUT2D eigenvalue weighted by atomic mass is 10.0. The minimum atomic E-state index is -0.162. The molecule has 4 heteroatoms. The van der Waals surface area contributed by atoms with Crippen molar-refractivity contribution in [2.24, 2.45) is 0 Å². The summed E-state index contributed by atoms with van der Waals surface area (Å²) in [6, 6.07) is 22.7. The van der Waals surface area contributed by atoms with E-state index in [9.17, 15) is 9.59 Å². The Kier molecular flexibility index (Phi) is 6.52. The van der Waals surface area contributed by atoms with Crippen molar-refractivity contribution in [3.63, 3.8) is 0 Å². The summed E-state index contributed by atoms with van der Waals surface area (Å²) in [7, 11) is 0. The molecule has 29 heavy (non-hydrogen) atoms. The molecule has 0 aliphatic rings. The topological polar surface area (TPSA) is 57.9 Å². The van der Waals surface area contributed by atoms with Crippen LogP contribution < -0.4 is 0 Å². The number of carbonyl (C=O) groups excluding carboxylic acids is 2. The molecule has 0 aliphatic carbocycles. The number of nitriles is 1. The second kappa shape index (κ2) is 9.45. The van der Waals surface area contributed by atoms with Crippen molar-refractivity contribution in [3.05, 3.63) is 118 Å². The Bertz CT molecular complexity index is 1120. The quantitative estimate of drug-likeness (QED) is 0.378. The second-order valence-electron chi connectivity index (χ2n) is 6.26.